The van der Waals surface area contributed by atoms with Crippen molar-refractivity contribution in [1.82, 2.24) is 0 Å². The third-order valence-electron chi connectivity index (χ3n) is 10.3. The summed E-state index contributed by atoms with van der Waals surface area (Å²) in [6.07, 6.45) is 56.4. The summed E-state index contributed by atoms with van der Waals surface area (Å²) < 4.78 is 16.7. The third kappa shape index (κ3) is 44.2. The maximum atomic E-state index is 12.7. The molecular formula is C52H90O6. The van der Waals surface area contributed by atoms with Gasteiger partial charge in [0.1, 0.15) is 13.2 Å². The summed E-state index contributed by atoms with van der Waals surface area (Å²) in [7, 11) is 0. The van der Waals surface area contributed by atoms with E-state index in [-0.39, 0.29) is 37.5 Å². The number of ether oxygens (including phenoxy) is 3. The molecule has 1 unspecified atom stereocenters. The Morgan fingerprint density at radius 1 is 0.362 bits per heavy atom. The summed E-state index contributed by atoms with van der Waals surface area (Å²) in [5.41, 5.74) is 0. The first-order chi connectivity index (χ1) is 28.5. The van der Waals surface area contributed by atoms with Crippen LogP contribution in [0.1, 0.15) is 233 Å². The normalized spacial score (nSPS) is 12.5. The van der Waals surface area contributed by atoms with Gasteiger partial charge in [0, 0.05) is 19.3 Å². The Hall–Kier alpha value is -2.89. The minimum Gasteiger partial charge on any atom is -0.462 e. The van der Waals surface area contributed by atoms with E-state index in [9.17, 15) is 14.4 Å². The molecule has 0 bridgehead atoms. The first-order valence-electron chi connectivity index (χ1n) is 24.3. The molecule has 0 rings (SSSR count). The molecule has 0 saturated heterocycles. The van der Waals surface area contributed by atoms with E-state index in [1.807, 2.05) is 0 Å². The number of esters is 3. The summed E-state index contributed by atoms with van der Waals surface area (Å²) in [5.74, 6) is -0.965. The molecule has 0 aromatic rings. The van der Waals surface area contributed by atoms with Crippen molar-refractivity contribution in [2.24, 2.45) is 0 Å². The standard InChI is InChI=1S/C52H90O6/c1-4-7-10-13-16-19-22-24-25-26-27-28-31-33-36-39-42-45-51(54)57-48-49(47-56-50(53)44-41-38-35-32-29-21-18-15-12-9-6-3)58-52(55)46-43-40-37-34-30-23-20-17-14-11-8-5-2/h8,11,17,20,24-25,27-28,33,36,49H,4-7,9-10,12-16,18-19,21-23,26,29-32,34-35,37-48H2,1-3H3/b11-8-,20-17-,25-24-,28-27-,36-33-. The van der Waals surface area contributed by atoms with Gasteiger partial charge in [-0.25, -0.2) is 0 Å². The Labute approximate surface area is 358 Å². The van der Waals surface area contributed by atoms with E-state index < -0.39 is 6.10 Å². The molecule has 6 heteroatoms. The molecule has 58 heavy (non-hydrogen) atoms. The quantitative estimate of drug-likeness (QED) is 0.0264. The van der Waals surface area contributed by atoms with E-state index in [0.29, 0.717) is 19.3 Å². The number of hydrogen-bond acceptors (Lipinski definition) is 6. The van der Waals surface area contributed by atoms with Crippen LogP contribution >= 0.6 is 0 Å². The molecule has 0 heterocycles. The van der Waals surface area contributed by atoms with Crippen LogP contribution in [-0.2, 0) is 28.6 Å². The molecule has 0 aliphatic rings. The van der Waals surface area contributed by atoms with Crippen LogP contribution in [-0.4, -0.2) is 37.2 Å². The third-order valence-corrected chi connectivity index (χ3v) is 10.3. The second-order valence-electron chi connectivity index (χ2n) is 16.0. The van der Waals surface area contributed by atoms with Crippen LogP contribution in [0.25, 0.3) is 0 Å². The van der Waals surface area contributed by atoms with Gasteiger partial charge in [-0.1, -0.05) is 197 Å². The first-order valence-corrected chi connectivity index (χ1v) is 24.3. The predicted octanol–water partition coefficient (Wildman–Crippen LogP) is 15.7. The zero-order valence-electron chi connectivity index (χ0n) is 38.0. The number of carbonyl (C=O) groups excluding carboxylic acids is 3. The van der Waals surface area contributed by atoms with Crippen LogP contribution in [0.15, 0.2) is 60.8 Å². The minimum atomic E-state index is -0.797. The fraction of sp³-hybridized carbons (Fsp3) is 0.750. The lowest BCUT2D eigenvalue weighted by molar-refractivity contribution is -0.167. The summed E-state index contributed by atoms with van der Waals surface area (Å²) in [6.45, 7) is 6.45. The van der Waals surface area contributed by atoms with Crippen molar-refractivity contribution in [2.45, 2.75) is 239 Å². The monoisotopic (exact) mass is 811 g/mol. The van der Waals surface area contributed by atoms with Crippen molar-refractivity contribution >= 4 is 17.9 Å². The molecule has 0 aliphatic heterocycles. The summed E-state index contributed by atoms with van der Waals surface area (Å²) in [6, 6.07) is 0. The van der Waals surface area contributed by atoms with Crippen molar-refractivity contribution in [3.05, 3.63) is 60.8 Å². The van der Waals surface area contributed by atoms with Gasteiger partial charge in [0.05, 0.1) is 0 Å². The van der Waals surface area contributed by atoms with Gasteiger partial charge in [-0.15, -0.1) is 0 Å². The number of carbonyl (C=O) groups is 3. The Kier molecular flexibility index (Phi) is 44.5. The van der Waals surface area contributed by atoms with Gasteiger partial charge in [0.25, 0.3) is 0 Å². The fourth-order valence-corrected chi connectivity index (χ4v) is 6.61. The van der Waals surface area contributed by atoms with Crippen LogP contribution in [0.2, 0.25) is 0 Å². The molecule has 0 spiro atoms. The van der Waals surface area contributed by atoms with E-state index in [4.69, 9.17) is 14.2 Å². The first kappa shape index (κ1) is 55.1. The molecule has 0 amide bonds. The Balaban J connectivity index is 4.45. The SMILES string of the molecule is CC/C=C\C/C=C\CCCCCCCC(=O)OC(COC(=O)CCC/C=C\C/C=C\C/C=C\CCCCCCCC)COC(=O)CCCCCCCCCCCCC. The van der Waals surface area contributed by atoms with Gasteiger partial charge in [0.2, 0.25) is 0 Å². The molecule has 0 radical (unpaired) electrons. The molecule has 0 aromatic heterocycles. The smallest absolute Gasteiger partial charge is 0.306 e. The Morgan fingerprint density at radius 3 is 1.12 bits per heavy atom. The van der Waals surface area contributed by atoms with E-state index in [0.717, 1.165) is 89.9 Å². The van der Waals surface area contributed by atoms with Crippen molar-refractivity contribution in [3.63, 3.8) is 0 Å². The Bertz CT molecular complexity index is 1070. The zero-order chi connectivity index (χ0) is 42.3. The lowest BCUT2D eigenvalue weighted by atomic mass is 10.1. The highest BCUT2D eigenvalue weighted by atomic mass is 16.6. The minimum absolute atomic E-state index is 0.0944. The highest BCUT2D eigenvalue weighted by Gasteiger charge is 2.19. The van der Waals surface area contributed by atoms with Gasteiger partial charge in [0.15, 0.2) is 6.10 Å². The summed E-state index contributed by atoms with van der Waals surface area (Å²) in [4.78, 5) is 37.8. The molecule has 6 nitrogen and oxygen atoms in total. The second-order valence-corrected chi connectivity index (χ2v) is 16.0. The van der Waals surface area contributed by atoms with Gasteiger partial charge in [-0.2, -0.15) is 0 Å². The van der Waals surface area contributed by atoms with Gasteiger partial charge in [-0.05, 0) is 77.0 Å². The van der Waals surface area contributed by atoms with Crippen LogP contribution < -0.4 is 0 Å². The molecular weight excluding hydrogens is 721 g/mol. The molecule has 0 N–H and O–H groups in total. The number of unbranched alkanes of at least 4 members (excludes halogenated alkanes) is 22. The van der Waals surface area contributed by atoms with Crippen molar-refractivity contribution < 1.29 is 28.6 Å². The largest absolute Gasteiger partial charge is 0.462 e. The second kappa shape index (κ2) is 46.8. The van der Waals surface area contributed by atoms with E-state index in [2.05, 4.69) is 81.5 Å². The Morgan fingerprint density at radius 2 is 0.690 bits per heavy atom. The van der Waals surface area contributed by atoms with Crippen molar-refractivity contribution in [1.29, 1.82) is 0 Å². The van der Waals surface area contributed by atoms with Gasteiger partial charge in [-0.3, -0.25) is 14.4 Å². The molecule has 0 aliphatic carbocycles. The maximum absolute atomic E-state index is 12.7. The molecule has 0 aromatic carbocycles. The van der Waals surface area contributed by atoms with Crippen molar-refractivity contribution in [2.75, 3.05) is 13.2 Å². The zero-order valence-corrected chi connectivity index (χ0v) is 38.0. The van der Waals surface area contributed by atoms with Crippen LogP contribution in [0.5, 0.6) is 0 Å². The summed E-state index contributed by atoms with van der Waals surface area (Å²) >= 11 is 0. The van der Waals surface area contributed by atoms with E-state index in [1.54, 1.807) is 0 Å². The highest BCUT2D eigenvalue weighted by molar-refractivity contribution is 5.71. The lowest BCUT2D eigenvalue weighted by Crippen LogP contribution is -2.30. The maximum Gasteiger partial charge on any atom is 0.306 e. The lowest BCUT2D eigenvalue weighted by Gasteiger charge is -2.18. The van der Waals surface area contributed by atoms with Crippen molar-refractivity contribution in [3.8, 4) is 0 Å². The number of hydrogen-bond donors (Lipinski definition) is 0. The highest BCUT2D eigenvalue weighted by Crippen LogP contribution is 2.14. The number of rotatable bonds is 43. The van der Waals surface area contributed by atoms with E-state index >= 15 is 0 Å². The molecule has 1 atom stereocenters. The van der Waals surface area contributed by atoms with Gasteiger partial charge >= 0.3 is 17.9 Å². The topological polar surface area (TPSA) is 78.9 Å². The van der Waals surface area contributed by atoms with Gasteiger partial charge < -0.3 is 14.2 Å². The summed E-state index contributed by atoms with van der Waals surface area (Å²) in [5, 5.41) is 0. The molecule has 334 valence electrons. The van der Waals surface area contributed by atoms with Crippen LogP contribution in [0.4, 0.5) is 0 Å². The van der Waals surface area contributed by atoms with Crippen LogP contribution in [0, 0.1) is 0 Å². The van der Waals surface area contributed by atoms with Crippen LogP contribution in [0.3, 0.4) is 0 Å². The average molecular weight is 811 g/mol. The average Bonchev–Trinajstić information content (AvgIpc) is 3.22. The molecule has 0 fully saturated rings. The fourth-order valence-electron chi connectivity index (χ4n) is 6.61. The predicted molar refractivity (Wildman–Crippen MR) is 247 cm³/mol. The van der Waals surface area contributed by atoms with E-state index in [1.165, 1.54) is 96.3 Å². The molecule has 0 saturated carbocycles. The number of allylic oxidation sites excluding steroid dienone is 10.